The Kier molecular flexibility index (Phi) is 8.60. The number of nitrogens with zero attached hydrogens (tertiary/aromatic N) is 6. The monoisotopic (exact) mass is 682 g/mol. The molecule has 0 radical (unpaired) electrons. The Morgan fingerprint density at radius 1 is 1.05 bits per heavy atom. The largest absolute Gasteiger partial charge is 0.411 e. The first-order valence-electron chi connectivity index (χ1n) is 11.9. The van der Waals surface area contributed by atoms with Crippen LogP contribution in [0, 0.1) is 3.57 Å². The van der Waals surface area contributed by atoms with Crippen molar-refractivity contribution >= 4 is 54.1 Å². The first kappa shape index (κ1) is 29.0. The summed E-state index contributed by atoms with van der Waals surface area (Å²) in [5.74, 6) is 0.0147. The predicted octanol–water partition coefficient (Wildman–Crippen LogP) is 6.23. The van der Waals surface area contributed by atoms with Crippen molar-refractivity contribution in [3.63, 3.8) is 0 Å². The number of aromatic nitrogens is 6. The van der Waals surface area contributed by atoms with E-state index in [1.54, 1.807) is 6.07 Å². The van der Waals surface area contributed by atoms with Crippen molar-refractivity contribution in [1.29, 1.82) is 0 Å². The highest BCUT2D eigenvalue weighted by Crippen LogP contribution is 2.39. The molecule has 0 bridgehead atoms. The summed E-state index contributed by atoms with van der Waals surface area (Å²) in [5, 5.41) is 17.5. The molecule has 3 heterocycles. The maximum Gasteiger partial charge on any atom is 0.198 e. The Bertz CT molecular complexity index is 1430. The van der Waals surface area contributed by atoms with E-state index in [0.29, 0.717) is 16.7 Å². The van der Waals surface area contributed by atoms with Crippen molar-refractivity contribution in [2.24, 2.45) is 0 Å². The summed E-state index contributed by atoms with van der Waals surface area (Å²) in [6.07, 6.45) is 4.28. The van der Waals surface area contributed by atoms with Crippen molar-refractivity contribution < 1.29 is 9.53 Å². The fourth-order valence-electron chi connectivity index (χ4n) is 3.56. The lowest BCUT2D eigenvalue weighted by molar-refractivity contribution is 0.109. The van der Waals surface area contributed by atoms with Crippen LogP contribution in [0.3, 0.4) is 0 Å². The molecule has 3 aromatic heterocycles. The second-order valence-corrected chi connectivity index (χ2v) is 17.2. The van der Waals surface area contributed by atoms with Gasteiger partial charge in [-0.15, -0.1) is 0 Å². The lowest BCUT2D eigenvalue weighted by atomic mass is 9.91. The summed E-state index contributed by atoms with van der Waals surface area (Å²) in [7, 11) is -2.08. The average Bonchev–Trinajstić information content (AvgIpc) is 3.27. The van der Waals surface area contributed by atoms with Crippen LogP contribution in [0.2, 0.25) is 28.4 Å². The lowest BCUT2D eigenvalue weighted by Gasteiger charge is -2.36. The summed E-state index contributed by atoms with van der Waals surface area (Å²) in [5.41, 5.74) is 0.321. The summed E-state index contributed by atoms with van der Waals surface area (Å²) in [4.78, 5) is 17.0. The third-order valence-corrected chi connectivity index (χ3v) is 13.1. The molecular weight excluding hydrogens is 654 g/mol. The fraction of sp³-hybridized carbons (Fsp3) is 0.346. The van der Waals surface area contributed by atoms with Crippen LogP contribution in [0.1, 0.15) is 49.1 Å². The molecule has 0 aliphatic rings. The van der Waals surface area contributed by atoms with Crippen LogP contribution in [0.25, 0.3) is 0 Å². The predicted molar refractivity (Wildman–Crippen MR) is 159 cm³/mol. The zero-order valence-corrected chi connectivity index (χ0v) is 26.5. The molecule has 0 aliphatic heterocycles. The smallest absolute Gasteiger partial charge is 0.198 e. The SMILES string of the molecule is CC(C)(C)[Si](C)(C)OCc1cc(C(O)(c2ncc(I)c(Cl)n2)c2cncnc2Cl)nn1Cc1ccccc1. The minimum atomic E-state index is -2.08. The van der Waals surface area contributed by atoms with E-state index in [2.05, 4.69) is 53.8 Å². The van der Waals surface area contributed by atoms with E-state index >= 15 is 0 Å². The molecule has 0 fully saturated rings. The molecule has 0 amide bonds. The van der Waals surface area contributed by atoms with Crippen molar-refractivity contribution in [3.8, 4) is 0 Å². The molecule has 0 saturated heterocycles. The van der Waals surface area contributed by atoms with Gasteiger partial charge in [-0.2, -0.15) is 5.10 Å². The maximum atomic E-state index is 12.3. The van der Waals surface area contributed by atoms with Crippen LogP contribution in [-0.2, 0) is 23.2 Å². The van der Waals surface area contributed by atoms with Crippen molar-refractivity contribution in [1.82, 2.24) is 29.7 Å². The van der Waals surface area contributed by atoms with Crippen LogP contribution in [-0.4, -0.2) is 43.1 Å². The summed E-state index contributed by atoms with van der Waals surface area (Å²) in [6, 6.07) is 11.8. The Balaban J connectivity index is 1.88. The first-order valence-corrected chi connectivity index (χ1v) is 16.7. The zero-order valence-electron chi connectivity index (χ0n) is 21.8. The molecular formula is C26H29Cl2IN6O2Si. The molecule has 4 rings (SSSR count). The molecule has 8 nitrogen and oxygen atoms in total. The van der Waals surface area contributed by atoms with Gasteiger partial charge in [0.25, 0.3) is 0 Å². The van der Waals surface area contributed by atoms with Gasteiger partial charge in [-0.25, -0.2) is 19.9 Å². The van der Waals surface area contributed by atoms with Crippen LogP contribution in [0.4, 0.5) is 0 Å². The summed E-state index contributed by atoms with van der Waals surface area (Å²) in [6.45, 7) is 11.8. The van der Waals surface area contributed by atoms with Crippen molar-refractivity contribution in [2.75, 3.05) is 0 Å². The van der Waals surface area contributed by atoms with E-state index in [9.17, 15) is 5.11 Å². The minimum absolute atomic E-state index is 0.0147. The van der Waals surface area contributed by atoms with E-state index in [-0.39, 0.29) is 32.4 Å². The second-order valence-electron chi connectivity index (χ2n) is 10.5. The van der Waals surface area contributed by atoms with Gasteiger partial charge in [0.1, 0.15) is 22.3 Å². The molecule has 1 atom stereocenters. The first-order chi connectivity index (χ1) is 17.8. The van der Waals surface area contributed by atoms with Crippen LogP contribution in [0.5, 0.6) is 0 Å². The molecule has 200 valence electrons. The molecule has 38 heavy (non-hydrogen) atoms. The molecule has 0 aliphatic carbocycles. The normalized spacial score (nSPS) is 13.9. The molecule has 0 saturated carbocycles. The number of halogens is 3. The molecule has 1 N–H and O–H groups in total. The summed E-state index contributed by atoms with van der Waals surface area (Å²) < 4.78 is 9.02. The van der Waals surface area contributed by atoms with E-state index in [0.717, 1.165) is 11.3 Å². The van der Waals surface area contributed by atoms with Gasteiger partial charge in [-0.05, 0) is 52.4 Å². The summed E-state index contributed by atoms with van der Waals surface area (Å²) >= 11 is 14.8. The lowest BCUT2D eigenvalue weighted by Crippen LogP contribution is -2.40. The number of hydrogen-bond acceptors (Lipinski definition) is 7. The standard InChI is InChI=1S/C26H29Cl2IN6O2Si/c1-25(2,3)38(4,5)37-15-18-11-21(34-35(18)14-17-9-7-6-8-10-17)26(36,19-12-30-16-32-22(19)27)24-31-13-20(29)23(28)33-24/h6-13,16,36H,14-15H2,1-5H3. The van der Waals surface area contributed by atoms with Gasteiger partial charge in [-0.3, -0.25) is 4.68 Å². The van der Waals surface area contributed by atoms with Crippen LogP contribution < -0.4 is 0 Å². The Hall–Kier alpha value is -1.96. The molecule has 0 spiro atoms. The molecule has 4 aromatic rings. The highest BCUT2D eigenvalue weighted by molar-refractivity contribution is 14.1. The average molecular weight is 683 g/mol. The van der Waals surface area contributed by atoms with Crippen LogP contribution >= 0.6 is 45.8 Å². The van der Waals surface area contributed by atoms with Gasteiger partial charge in [0.2, 0.25) is 0 Å². The third kappa shape index (κ3) is 5.95. The molecule has 12 heteroatoms. The van der Waals surface area contributed by atoms with E-state index in [1.165, 1.54) is 18.7 Å². The Morgan fingerprint density at radius 3 is 2.39 bits per heavy atom. The van der Waals surface area contributed by atoms with Gasteiger partial charge in [0, 0.05) is 12.4 Å². The Morgan fingerprint density at radius 2 is 1.76 bits per heavy atom. The zero-order chi connectivity index (χ0) is 27.7. The Labute approximate surface area is 247 Å². The second kappa shape index (κ2) is 11.3. The van der Waals surface area contributed by atoms with Crippen molar-refractivity contribution in [2.45, 2.75) is 57.7 Å². The quantitative estimate of drug-likeness (QED) is 0.134. The van der Waals surface area contributed by atoms with Gasteiger partial charge in [0.05, 0.1) is 28.0 Å². The maximum absolute atomic E-state index is 12.3. The van der Waals surface area contributed by atoms with Crippen molar-refractivity contribution in [3.05, 3.63) is 97.3 Å². The van der Waals surface area contributed by atoms with Gasteiger partial charge in [-0.1, -0.05) is 74.3 Å². The van der Waals surface area contributed by atoms with Gasteiger partial charge in [0.15, 0.2) is 19.7 Å². The number of aliphatic hydroxyl groups is 1. The highest BCUT2D eigenvalue weighted by Gasteiger charge is 2.43. The minimum Gasteiger partial charge on any atom is -0.411 e. The molecule has 1 aromatic carbocycles. The fourth-order valence-corrected chi connectivity index (χ4v) is 5.12. The van der Waals surface area contributed by atoms with E-state index < -0.39 is 13.9 Å². The number of hydrogen-bond donors (Lipinski definition) is 1. The topological polar surface area (TPSA) is 98.8 Å². The highest BCUT2D eigenvalue weighted by atomic mass is 127. The number of benzene rings is 1. The van der Waals surface area contributed by atoms with Gasteiger partial charge < -0.3 is 9.53 Å². The van der Waals surface area contributed by atoms with E-state index in [4.69, 9.17) is 32.7 Å². The third-order valence-electron chi connectivity index (χ3n) is 6.87. The van der Waals surface area contributed by atoms with Crippen LogP contribution in [0.15, 0.2) is 55.1 Å². The number of rotatable bonds is 8. The molecule has 1 unspecified atom stereocenters. The van der Waals surface area contributed by atoms with Gasteiger partial charge >= 0.3 is 0 Å². The van der Waals surface area contributed by atoms with E-state index in [1.807, 2.05) is 57.6 Å².